The van der Waals surface area contributed by atoms with Crippen LogP contribution in [0.25, 0.3) is 17.2 Å². The minimum absolute atomic E-state index is 0.158. The number of aromatic nitrogens is 5. The zero-order valence-corrected chi connectivity index (χ0v) is 22.8. The van der Waals surface area contributed by atoms with E-state index in [0.29, 0.717) is 41.6 Å². The molecule has 1 aliphatic rings. The highest BCUT2D eigenvalue weighted by molar-refractivity contribution is 5.90. The Morgan fingerprint density at radius 1 is 1.35 bits per heavy atom. The highest BCUT2D eigenvalue weighted by Gasteiger charge is 2.42. The minimum atomic E-state index is -2.82. The van der Waals surface area contributed by atoms with E-state index < -0.39 is 37.3 Å². The fourth-order valence-corrected chi connectivity index (χ4v) is 4.37. The third-order valence-corrected chi connectivity index (χ3v) is 6.76. The zero-order chi connectivity index (χ0) is 29.8. The number of nitrogens with two attached hydrogens (primary N) is 1. The third-order valence-electron chi connectivity index (χ3n) is 6.76. The molecule has 1 amide bonds. The molecule has 4 heterocycles. The van der Waals surface area contributed by atoms with Gasteiger partial charge in [0.25, 0.3) is 12.3 Å². The highest BCUT2D eigenvalue weighted by atomic mass is 19.3. The summed E-state index contributed by atoms with van der Waals surface area (Å²) in [6.07, 6.45) is 3.21. The molecule has 0 saturated carbocycles. The summed E-state index contributed by atoms with van der Waals surface area (Å²) in [6.45, 7) is 7.75. The molecular formula is C26H34F4N8O2. The van der Waals surface area contributed by atoms with E-state index in [2.05, 4.69) is 27.0 Å². The third kappa shape index (κ3) is 6.79. The molecule has 1 aliphatic heterocycles. The molecule has 3 aromatic rings. The van der Waals surface area contributed by atoms with Crippen LogP contribution in [-0.4, -0.2) is 79.2 Å². The van der Waals surface area contributed by atoms with Gasteiger partial charge in [-0.05, 0) is 38.0 Å². The number of piperidine rings is 1. The molecule has 40 heavy (non-hydrogen) atoms. The number of allylic oxidation sites excluding steroid dienone is 2. The molecule has 1 atom stereocenters. The van der Waals surface area contributed by atoms with Crippen LogP contribution in [-0.2, 0) is 11.3 Å². The normalized spacial score (nSPS) is 16.9. The maximum absolute atomic E-state index is 13.1. The molecular weight excluding hydrogens is 532 g/mol. The Labute approximate surface area is 229 Å². The van der Waals surface area contributed by atoms with Gasteiger partial charge < -0.3 is 25.6 Å². The molecule has 218 valence electrons. The van der Waals surface area contributed by atoms with Crippen LogP contribution < -0.4 is 11.1 Å². The van der Waals surface area contributed by atoms with E-state index >= 15 is 0 Å². The second-order valence-electron chi connectivity index (χ2n) is 9.51. The van der Waals surface area contributed by atoms with Gasteiger partial charge in [0.15, 0.2) is 5.82 Å². The maximum atomic E-state index is 13.1. The average Bonchev–Trinajstić information content (AvgIpc) is 3.44. The largest absolute Gasteiger partial charge is 0.387 e. The van der Waals surface area contributed by atoms with Gasteiger partial charge in [0.05, 0.1) is 18.8 Å². The first-order valence-corrected chi connectivity index (χ1v) is 12.6. The van der Waals surface area contributed by atoms with Crippen LogP contribution in [0.4, 0.5) is 29.3 Å². The van der Waals surface area contributed by atoms with E-state index in [1.54, 1.807) is 43.8 Å². The number of hydrogen-bond acceptors (Lipinski definition) is 7. The molecule has 1 fully saturated rings. The number of rotatable bonds is 7. The van der Waals surface area contributed by atoms with Gasteiger partial charge in [0, 0.05) is 37.0 Å². The minimum Gasteiger partial charge on any atom is -0.387 e. The number of fused-ring (bicyclic) bond motifs is 1. The van der Waals surface area contributed by atoms with E-state index in [9.17, 15) is 22.4 Å². The number of nitrogen functional groups attached to an aromatic ring is 1. The number of aliphatic hydroxyl groups is 1. The van der Waals surface area contributed by atoms with Crippen molar-refractivity contribution < 1.29 is 27.5 Å². The second kappa shape index (κ2) is 12.5. The molecule has 14 heteroatoms. The molecule has 1 unspecified atom stereocenters. The van der Waals surface area contributed by atoms with Crippen LogP contribution in [0.15, 0.2) is 24.9 Å². The van der Waals surface area contributed by atoms with Crippen molar-refractivity contribution in [3.8, 4) is 0 Å². The Hall–Kier alpha value is -3.94. The Bertz CT molecular complexity index is 1400. The van der Waals surface area contributed by atoms with Crippen molar-refractivity contribution in [1.82, 2.24) is 29.0 Å². The lowest BCUT2D eigenvalue weighted by Gasteiger charge is -2.36. The monoisotopic (exact) mass is 566 g/mol. The van der Waals surface area contributed by atoms with E-state index in [4.69, 9.17) is 10.8 Å². The molecule has 4 rings (SSSR count). The zero-order valence-electron chi connectivity index (χ0n) is 22.8. The molecule has 0 bridgehead atoms. The number of aryl methyl sites for hydroxylation is 1. The molecule has 4 N–H and O–H groups in total. The number of amides is 1. The van der Waals surface area contributed by atoms with Crippen LogP contribution in [0, 0.1) is 19.8 Å². The number of aliphatic hydroxyl groups excluding tert-OH is 1. The molecule has 0 radical (unpaired) electrons. The van der Waals surface area contributed by atoms with Crippen molar-refractivity contribution in [2.75, 3.05) is 37.8 Å². The quantitative estimate of drug-likeness (QED) is 0.294. The summed E-state index contributed by atoms with van der Waals surface area (Å²) in [5.74, 6) is -2.82. The number of hydrogen-bond donors (Lipinski definition) is 3. The van der Waals surface area contributed by atoms with Crippen molar-refractivity contribution in [2.45, 2.75) is 46.1 Å². The fourth-order valence-electron chi connectivity index (χ4n) is 4.37. The van der Waals surface area contributed by atoms with E-state index in [-0.39, 0.29) is 12.5 Å². The summed E-state index contributed by atoms with van der Waals surface area (Å²) in [6, 6.07) is 1.87. The van der Waals surface area contributed by atoms with Crippen LogP contribution in [0.1, 0.15) is 36.1 Å². The van der Waals surface area contributed by atoms with Crippen LogP contribution in [0.3, 0.4) is 0 Å². The van der Waals surface area contributed by atoms with Gasteiger partial charge in [0.2, 0.25) is 11.9 Å². The maximum Gasteiger partial charge on any atom is 0.267 e. The number of anilines is 2. The number of halogens is 4. The van der Waals surface area contributed by atoms with E-state index in [1.165, 1.54) is 11.5 Å². The van der Waals surface area contributed by atoms with Gasteiger partial charge >= 0.3 is 0 Å². The Balaban J connectivity index is 0.000000285. The van der Waals surface area contributed by atoms with Crippen molar-refractivity contribution in [3.05, 3.63) is 47.7 Å². The molecule has 0 spiro atoms. The predicted molar refractivity (Wildman–Crippen MR) is 145 cm³/mol. The van der Waals surface area contributed by atoms with Crippen LogP contribution in [0.5, 0.6) is 0 Å². The summed E-state index contributed by atoms with van der Waals surface area (Å²) in [4.78, 5) is 20.5. The molecule has 1 saturated heterocycles. The number of carbonyl (C=O) groups is 1. The van der Waals surface area contributed by atoms with Crippen molar-refractivity contribution >= 4 is 34.8 Å². The number of nitrogens with one attached hydrogen (secondary N) is 1. The number of imidazole rings is 1. The van der Waals surface area contributed by atoms with Crippen molar-refractivity contribution in [2.24, 2.45) is 5.92 Å². The lowest BCUT2D eigenvalue weighted by molar-refractivity contribution is -0.151. The lowest BCUT2D eigenvalue weighted by atomic mass is 9.95. The fraction of sp³-hybridized carbons (Fsp3) is 0.462. The van der Waals surface area contributed by atoms with Gasteiger partial charge in [-0.2, -0.15) is 4.98 Å². The van der Waals surface area contributed by atoms with Crippen molar-refractivity contribution in [3.63, 3.8) is 0 Å². The van der Waals surface area contributed by atoms with E-state index in [1.807, 2.05) is 6.07 Å². The first-order valence-electron chi connectivity index (χ1n) is 12.6. The average molecular weight is 567 g/mol. The smallest absolute Gasteiger partial charge is 0.267 e. The van der Waals surface area contributed by atoms with Gasteiger partial charge in [-0.1, -0.05) is 19.6 Å². The SMILES string of the molecule is C=C(/C=C\c1nc(C)n(CC(F)F)c1C)c1ccn2nc(N)nc(NC)c12.CC1CCN(C(=O)CO)CC1(F)F. The predicted octanol–water partition coefficient (Wildman–Crippen LogP) is 3.64. The van der Waals surface area contributed by atoms with Gasteiger partial charge in [0.1, 0.15) is 17.9 Å². The van der Waals surface area contributed by atoms with Crippen LogP contribution >= 0.6 is 0 Å². The molecule has 0 aromatic carbocycles. The summed E-state index contributed by atoms with van der Waals surface area (Å²) in [7, 11) is 1.75. The number of nitrogens with zero attached hydrogens (tertiary/aromatic N) is 6. The molecule has 10 nitrogen and oxygen atoms in total. The lowest BCUT2D eigenvalue weighted by Crippen LogP contribution is -2.50. The standard InChI is InChI=1S/C18H21F2N7.C8H13F2NO2/c1-10(5-6-14-11(2)26(9-15(19)20)12(3)23-14)13-7-8-27-16(13)17(22-4)24-18(21)25-27;1-6-2-3-11(7(13)4-12)5-8(6,9)10/h5-8,15H,1,9H2,2-4H3,(H3,21,22,24,25);6,12H,2-5H2,1H3/b6-5-;. The first kappa shape index (κ1) is 30.6. The first-order chi connectivity index (χ1) is 18.8. The van der Waals surface area contributed by atoms with Gasteiger partial charge in [-0.15, -0.1) is 5.10 Å². The van der Waals surface area contributed by atoms with Crippen molar-refractivity contribution in [1.29, 1.82) is 0 Å². The highest BCUT2D eigenvalue weighted by Crippen LogP contribution is 2.32. The summed E-state index contributed by atoms with van der Waals surface area (Å²) < 4.78 is 54.7. The second-order valence-corrected chi connectivity index (χ2v) is 9.51. The number of carbonyl (C=O) groups excluding carboxylic acids is 1. The molecule has 0 aliphatic carbocycles. The summed E-state index contributed by atoms with van der Waals surface area (Å²) in [5, 5.41) is 15.6. The number of alkyl halides is 4. The topological polar surface area (TPSA) is 127 Å². The van der Waals surface area contributed by atoms with Crippen LogP contribution in [0.2, 0.25) is 0 Å². The summed E-state index contributed by atoms with van der Waals surface area (Å²) in [5.41, 5.74) is 9.31. The number of likely N-dealkylation sites (tertiary alicyclic amines) is 1. The molecule has 3 aromatic heterocycles. The Morgan fingerprint density at radius 2 is 2.05 bits per heavy atom. The van der Waals surface area contributed by atoms with Gasteiger partial charge in [-0.3, -0.25) is 4.79 Å². The summed E-state index contributed by atoms with van der Waals surface area (Å²) >= 11 is 0. The van der Waals surface area contributed by atoms with E-state index in [0.717, 1.165) is 16.0 Å². The Kier molecular flexibility index (Phi) is 9.56. The Morgan fingerprint density at radius 3 is 2.65 bits per heavy atom. The van der Waals surface area contributed by atoms with Gasteiger partial charge in [-0.25, -0.2) is 27.1 Å².